The molecule has 1 N–H and O–H groups in total. The highest BCUT2D eigenvalue weighted by Crippen LogP contribution is 2.39. The second kappa shape index (κ2) is 11.7. The van der Waals surface area contributed by atoms with Gasteiger partial charge < -0.3 is 14.7 Å². The van der Waals surface area contributed by atoms with Crippen LogP contribution in [-0.4, -0.2) is 39.1 Å². The molecule has 0 radical (unpaired) electrons. The summed E-state index contributed by atoms with van der Waals surface area (Å²) in [5.74, 6) is 5.89. The second-order valence-corrected chi connectivity index (χ2v) is 12.6. The zero-order valence-electron chi connectivity index (χ0n) is 22.9. The summed E-state index contributed by atoms with van der Waals surface area (Å²) in [6.07, 6.45) is 9.75. The van der Waals surface area contributed by atoms with E-state index in [4.69, 9.17) is 4.74 Å². The van der Waals surface area contributed by atoms with Crippen molar-refractivity contribution < 1.29 is 19.4 Å². The molecular formula is C30H37N3O4S. The number of anilines is 1. The number of carbonyl (C=O) groups excluding carboxylic acids is 1. The van der Waals surface area contributed by atoms with E-state index >= 15 is 0 Å². The van der Waals surface area contributed by atoms with Crippen LogP contribution in [0.5, 0.6) is 5.88 Å². The summed E-state index contributed by atoms with van der Waals surface area (Å²) in [4.78, 5) is 37.3. The first-order chi connectivity index (χ1) is 18.0. The number of aromatic carboxylic acids is 1. The van der Waals surface area contributed by atoms with Gasteiger partial charge >= 0.3 is 5.97 Å². The average molecular weight is 536 g/mol. The fourth-order valence-electron chi connectivity index (χ4n) is 5.28. The summed E-state index contributed by atoms with van der Waals surface area (Å²) in [5, 5.41) is 10.1. The van der Waals surface area contributed by atoms with Gasteiger partial charge in [0.05, 0.1) is 10.6 Å². The molecule has 7 nitrogen and oxygen atoms in total. The summed E-state index contributed by atoms with van der Waals surface area (Å²) in [5.41, 5.74) is 1.56. The van der Waals surface area contributed by atoms with Gasteiger partial charge in [-0.3, -0.25) is 4.79 Å². The molecule has 202 valence electrons. The van der Waals surface area contributed by atoms with Gasteiger partial charge in [-0.15, -0.1) is 11.3 Å². The minimum absolute atomic E-state index is 0.00748. The number of hydrogen-bond acceptors (Lipinski definition) is 6. The van der Waals surface area contributed by atoms with Gasteiger partial charge in [0.1, 0.15) is 17.3 Å². The number of carbonyl (C=O) groups is 2. The topological polar surface area (TPSA) is 92.6 Å². The Hall–Kier alpha value is -3.18. The molecule has 4 rings (SSSR count). The van der Waals surface area contributed by atoms with Crippen LogP contribution in [0.1, 0.15) is 87.7 Å². The van der Waals surface area contributed by atoms with Gasteiger partial charge in [0.15, 0.2) is 0 Å². The van der Waals surface area contributed by atoms with Crippen LogP contribution in [0.3, 0.4) is 0 Å². The zero-order valence-corrected chi connectivity index (χ0v) is 23.7. The molecular weight excluding hydrogens is 498 g/mol. The van der Waals surface area contributed by atoms with Crippen LogP contribution in [0.15, 0.2) is 36.3 Å². The highest BCUT2D eigenvalue weighted by atomic mass is 32.1. The Labute approximate surface area is 229 Å². The number of allylic oxidation sites excluding steroid dienone is 2. The van der Waals surface area contributed by atoms with E-state index in [0.29, 0.717) is 22.9 Å². The van der Waals surface area contributed by atoms with Crippen LogP contribution in [-0.2, 0) is 4.79 Å². The van der Waals surface area contributed by atoms with E-state index in [9.17, 15) is 14.7 Å². The van der Waals surface area contributed by atoms with Crippen molar-refractivity contribution in [2.75, 3.05) is 4.90 Å². The van der Waals surface area contributed by atoms with Gasteiger partial charge in [-0.25, -0.2) is 14.8 Å². The minimum atomic E-state index is -1.03. The maximum atomic E-state index is 14.2. The van der Waals surface area contributed by atoms with Gasteiger partial charge in [-0.05, 0) is 78.2 Å². The highest BCUT2D eigenvalue weighted by Gasteiger charge is 2.39. The Morgan fingerprint density at radius 2 is 1.95 bits per heavy atom. The Bertz CT molecular complexity index is 1240. The summed E-state index contributed by atoms with van der Waals surface area (Å²) < 4.78 is 6.05. The molecule has 2 atom stereocenters. The minimum Gasteiger partial charge on any atom is -0.477 e. The van der Waals surface area contributed by atoms with Gasteiger partial charge in [0, 0.05) is 29.6 Å². The number of hydrogen-bond donors (Lipinski definition) is 1. The summed E-state index contributed by atoms with van der Waals surface area (Å²) in [7, 11) is 0. The molecule has 38 heavy (non-hydrogen) atoms. The predicted octanol–water partition coefficient (Wildman–Crippen LogP) is 6.35. The fraction of sp³-hybridized carbons (Fsp3) is 0.533. The SMILES string of the molecule is CC1=CC[C@H](C(=O)N(c2cc(C#CC(C)(C)C)sc2C(=O)O)C2CCC(Oc3ccncn3)CC2)[C@@H](C)C1. The number of carboxylic acid groups (broad SMARTS) is 1. The normalized spacial score (nSPS) is 23.6. The maximum absolute atomic E-state index is 14.2. The van der Waals surface area contributed by atoms with Crippen molar-refractivity contribution in [3.8, 4) is 17.7 Å². The molecule has 2 aromatic rings. The van der Waals surface area contributed by atoms with E-state index < -0.39 is 5.97 Å². The molecule has 0 bridgehead atoms. The summed E-state index contributed by atoms with van der Waals surface area (Å²) >= 11 is 1.15. The van der Waals surface area contributed by atoms with E-state index in [-0.39, 0.29) is 40.2 Å². The molecule has 1 amide bonds. The number of aromatic nitrogens is 2. The number of thiophene rings is 1. The van der Waals surface area contributed by atoms with Crippen molar-refractivity contribution in [1.82, 2.24) is 9.97 Å². The predicted molar refractivity (Wildman–Crippen MR) is 149 cm³/mol. The number of rotatable bonds is 6. The van der Waals surface area contributed by atoms with Gasteiger partial charge in [0.2, 0.25) is 11.8 Å². The van der Waals surface area contributed by atoms with Crippen LogP contribution in [0.2, 0.25) is 0 Å². The first kappa shape index (κ1) is 27.8. The molecule has 1 fully saturated rings. The van der Waals surface area contributed by atoms with Crippen molar-refractivity contribution in [2.24, 2.45) is 17.3 Å². The van der Waals surface area contributed by atoms with Crippen LogP contribution >= 0.6 is 11.3 Å². The number of ether oxygens (including phenoxy) is 1. The lowest BCUT2D eigenvalue weighted by molar-refractivity contribution is -0.124. The molecule has 0 spiro atoms. The molecule has 0 aromatic carbocycles. The number of amides is 1. The number of nitrogens with zero attached hydrogens (tertiary/aromatic N) is 3. The van der Waals surface area contributed by atoms with Crippen molar-refractivity contribution in [3.05, 3.63) is 46.1 Å². The Morgan fingerprint density at radius 3 is 2.55 bits per heavy atom. The van der Waals surface area contributed by atoms with Crippen molar-refractivity contribution in [2.45, 2.75) is 85.3 Å². The van der Waals surface area contributed by atoms with Gasteiger partial charge in [-0.1, -0.05) is 30.4 Å². The Kier molecular flexibility index (Phi) is 8.57. The molecule has 1 saturated carbocycles. The third-order valence-corrected chi connectivity index (χ3v) is 8.21. The number of carboxylic acids is 1. The second-order valence-electron chi connectivity index (χ2n) is 11.5. The van der Waals surface area contributed by atoms with Crippen LogP contribution in [0.25, 0.3) is 0 Å². The smallest absolute Gasteiger partial charge is 0.348 e. The molecule has 2 aliphatic rings. The quantitative estimate of drug-likeness (QED) is 0.342. The van der Waals surface area contributed by atoms with E-state index in [0.717, 1.165) is 43.4 Å². The van der Waals surface area contributed by atoms with Crippen molar-refractivity contribution in [3.63, 3.8) is 0 Å². The molecule has 2 aromatic heterocycles. The Morgan fingerprint density at radius 1 is 1.21 bits per heavy atom. The lowest BCUT2D eigenvalue weighted by atomic mass is 9.79. The monoisotopic (exact) mass is 535 g/mol. The lowest BCUT2D eigenvalue weighted by Crippen LogP contribution is -2.48. The highest BCUT2D eigenvalue weighted by molar-refractivity contribution is 7.15. The molecule has 0 unspecified atom stereocenters. The van der Waals surface area contributed by atoms with Gasteiger partial charge in [-0.2, -0.15) is 0 Å². The van der Waals surface area contributed by atoms with E-state index in [1.165, 1.54) is 11.9 Å². The summed E-state index contributed by atoms with van der Waals surface area (Å²) in [6, 6.07) is 3.44. The Balaban J connectivity index is 1.65. The zero-order chi connectivity index (χ0) is 27.4. The first-order valence-corrected chi connectivity index (χ1v) is 14.1. The molecule has 0 saturated heterocycles. The largest absolute Gasteiger partial charge is 0.477 e. The third kappa shape index (κ3) is 6.82. The fourth-order valence-corrected chi connectivity index (χ4v) is 6.12. The van der Waals surface area contributed by atoms with E-state index in [1.54, 1.807) is 17.2 Å². The van der Waals surface area contributed by atoms with Gasteiger partial charge in [0.25, 0.3) is 0 Å². The van der Waals surface area contributed by atoms with Crippen LogP contribution < -0.4 is 9.64 Å². The third-order valence-electron chi connectivity index (χ3n) is 7.18. The first-order valence-electron chi connectivity index (χ1n) is 13.3. The van der Waals surface area contributed by atoms with E-state index in [2.05, 4.69) is 41.7 Å². The molecule has 2 heterocycles. The summed E-state index contributed by atoms with van der Waals surface area (Å²) in [6.45, 7) is 10.3. The average Bonchev–Trinajstić information content (AvgIpc) is 3.28. The van der Waals surface area contributed by atoms with Crippen molar-refractivity contribution >= 4 is 28.9 Å². The molecule has 0 aliphatic heterocycles. The maximum Gasteiger partial charge on any atom is 0.348 e. The van der Waals surface area contributed by atoms with Crippen molar-refractivity contribution in [1.29, 1.82) is 0 Å². The van der Waals surface area contributed by atoms with Crippen LogP contribution in [0, 0.1) is 29.1 Å². The standard InChI is InChI=1S/C30H37N3O4S/c1-19-6-11-24(20(2)16-19)28(34)33(21-7-9-22(10-8-21)37-26-13-15-31-18-32-26)25-17-23(12-14-30(3,4)5)38-27(25)29(35)36/h6,13,15,17-18,20-22,24H,7-11,16H2,1-5H3,(H,35,36)/t20-,21?,22?,24-/m0/s1. The van der Waals surface area contributed by atoms with Crippen LogP contribution in [0.4, 0.5) is 5.69 Å². The molecule has 2 aliphatic carbocycles. The van der Waals surface area contributed by atoms with E-state index in [1.807, 2.05) is 26.8 Å². The molecule has 8 heteroatoms. The lowest BCUT2D eigenvalue weighted by Gasteiger charge is -2.40.